The number of hydrogen-bond donors (Lipinski definition) is 4. The van der Waals surface area contributed by atoms with Gasteiger partial charge >= 0.3 is 13.6 Å². The van der Waals surface area contributed by atoms with Gasteiger partial charge in [-0.15, -0.1) is 0 Å². The molecule has 1 unspecified atom stereocenters. The molecule has 13 nitrogen and oxygen atoms in total. The summed E-state index contributed by atoms with van der Waals surface area (Å²) >= 11 is 0. The zero-order valence-electron chi connectivity index (χ0n) is 30.4. The molecule has 0 aromatic heterocycles. The van der Waals surface area contributed by atoms with Crippen molar-refractivity contribution >= 4 is 36.4 Å². The van der Waals surface area contributed by atoms with E-state index >= 15 is 0 Å². The Labute approximate surface area is 313 Å². The first-order chi connectivity index (χ1) is 26.0. The number of carbonyl (C=O) groups excluding carboxylic acids is 2. The SMILES string of the molecule is CCOP(=O)(F)CCCCCCCCCC(=O)NCCOCCOCCNC(=O)c1cccc(C(=O)O)c1-c1c2ccc(=O)cc-2oc2cc(O)ccc12. The molecular weight excluding hydrogens is 722 g/mol. The van der Waals surface area contributed by atoms with Crippen LogP contribution in [0.25, 0.3) is 33.4 Å². The van der Waals surface area contributed by atoms with Gasteiger partial charge in [-0.05, 0) is 56.2 Å². The van der Waals surface area contributed by atoms with Crippen LogP contribution in [0.15, 0.2) is 63.8 Å². The molecule has 2 aromatic carbocycles. The van der Waals surface area contributed by atoms with Crippen molar-refractivity contribution < 1.29 is 51.8 Å². The van der Waals surface area contributed by atoms with E-state index in [2.05, 4.69) is 15.2 Å². The van der Waals surface area contributed by atoms with Gasteiger partial charge in [0.05, 0.1) is 44.8 Å². The van der Waals surface area contributed by atoms with Crippen molar-refractivity contribution in [2.75, 3.05) is 52.3 Å². The van der Waals surface area contributed by atoms with Gasteiger partial charge in [0.15, 0.2) is 5.43 Å². The highest BCUT2D eigenvalue weighted by atomic mass is 31.2. The van der Waals surface area contributed by atoms with Gasteiger partial charge in [0, 0.05) is 59.3 Å². The third-order valence-corrected chi connectivity index (χ3v) is 10.1. The molecular formula is C39H48FN2O11P. The molecule has 0 bridgehead atoms. The third-order valence-electron chi connectivity index (χ3n) is 8.59. The Bertz CT molecular complexity index is 1950. The van der Waals surface area contributed by atoms with Gasteiger partial charge in [0.2, 0.25) is 5.91 Å². The first kappa shape index (κ1) is 42.1. The number of carboxylic acid groups (broad SMARTS) is 1. The van der Waals surface area contributed by atoms with E-state index in [9.17, 15) is 38.2 Å². The molecule has 4 N–H and O–H groups in total. The molecule has 1 aliphatic carbocycles. The summed E-state index contributed by atoms with van der Waals surface area (Å²) in [6.07, 6.45) is 6.34. The number of aromatic hydroxyl groups is 1. The largest absolute Gasteiger partial charge is 0.508 e. The summed E-state index contributed by atoms with van der Waals surface area (Å²) in [7, 11) is -3.93. The highest BCUT2D eigenvalue weighted by molar-refractivity contribution is 7.53. The van der Waals surface area contributed by atoms with Gasteiger partial charge in [0.1, 0.15) is 17.1 Å². The quantitative estimate of drug-likeness (QED) is 0.0321. The van der Waals surface area contributed by atoms with Crippen molar-refractivity contribution in [1.29, 1.82) is 0 Å². The normalized spacial score (nSPS) is 12.5. The van der Waals surface area contributed by atoms with Gasteiger partial charge in [-0.1, -0.05) is 38.2 Å². The molecule has 2 amide bonds. The number of nitrogens with one attached hydrogen (secondary N) is 2. The smallest absolute Gasteiger partial charge is 0.367 e. The molecule has 2 aromatic rings. The molecule has 1 atom stereocenters. The van der Waals surface area contributed by atoms with Crippen LogP contribution in [0.3, 0.4) is 0 Å². The average Bonchev–Trinajstić information content (AvgIpc) is 3.13. The Morgan fingerprint density at radius 3 is 2.19 bits per heavy atom. The Hall–Kier alpha value is -4.62. The maximum absolute atomic E-state index is 13.5. The molecule has 54 heavy (non-hydrogen) atoms. The molecule has 1 aliphatic heterocycles. The van der Waals surface area contributed by atoms with E-state index in [1.54, 1.807) is 13.0 Å². The summed E-state index contributed by atoms with van der Waals surface area (Å²) in [5, 5.41) is 26.3. The van der Waals surface area contributed by atoms with Crippen LogP contribution in [0.4, 0.5) is 4.20 Å². The number of aromatic carboxylic acids is 1. The second-order valence-electron chi connectivity index (χ2n) is 12.6. The van der Waals surface area contributed by atoms with Crippen LogP contribution < -0.4 is 16.1 Å². The van der Waals surface area contributed by atoms with Crippen LogP contribution in [-0.2, 0) is 23.4 Å². The molecule has 0 radical (unpaired) electrons. The van der Waals surface area contributed by atoms with E-state index in [-0.39, 0.29) is 84.3 Å². The Morgan fingerprint density at radius 1 is 0.815 bits per heavy atom. The fourth-order valence-electron chi connectivity index (χ4n) is 6.05. The fraction of sp³-hybridized carbons (Fsp3) is 0.436. The lowest BCUT2D eigenvalue weighted by molar-refractivity contribution is -0.121. The van der Waals surface area contributed by atoms with Crippen molar-refractivity contribution in [3.05, 3.63) is 75.9 Å². The van der Waals surface area contributed by atoms with E-state index < -0.39 is 19.6 Å². The highest BCUT2D eigenvalue weighted by Crippen LogP contribution is 2.49. The second kappa shape index (κ2) is 21.3. The predicted octanol–water partition coefficient (Wildman–Crippen LogP) is 7.17. The number of amides is 2. The average molecular weight is 771 g/mol. The van der Waals surface area contributed by atoms with E-state index in [4.69, 9.17) is 13.9 Å². The number of hydrogen-bond acceptors (Lipinski definition) is 10. The standard InChI is InChI=1S/C39H48FN2O11P/c1-2-52-54(40,49)24-9-7-5-3-4-6-8-13-35(45)41-18-20-50-22-23-51-21-19-42-38(46)31-11-10-12-32(39(47)48)37(31)36-29-16-14-27(43)25-33(29)53-34-26-28(44)15-17-30(34)36/h10-12,14-17,25-26,43H,2-9,13,18-24H2,1H3,(H,41,45)(H,42,46)(H,47,48). The van der Waals surface area contributed by atoms with Crippen LogP contribution >= 0.6 is 7.68 Å². The minimum atomic E-state index is -3.93. The van der Waals surface area contributed by atoms with Crippen LogP contribution in [0, 0.1) is 0 Å². The molecule has 15 heteroatoms. The lowest BCUT2D eigenvalue weighted by Gasteiger charge is -2.19. The maximum Gasteiger partial charge on any atom is 0.367 e. The fourth-order valence-corrected chi connectivity index (χ4v) is 7.17. The number of ether oxygens (including phenoxy) is 2. The molecule has 292 valence electrons. The lowest BCUT2D eigenvalue weighted by Crippen LogP contribution is -2.29. The summed E-state index contributed by atoms with van der Waals surface area (Å²) in [4.78, 5) is 50.1. The zero-order chi connectivity index (χ0) is 38.9. The highest BCUT2D eigenvalue weighted by Gasteiger charge is 2.26. The van der Waals surface area contributed by atoms with Gasteiger partial charge in [0.25, 0.3) is 5.91 Å². The molecule has 4 rings (SSSR count). The molecule has 1 heterocycles. The Balaban J connectivity index is 1.15. The number of rotatable bonds is 24. The predicted molar refractivity (Wildman–Crippen MR) is 202 cm³/mol. The summed E-state index contributed by atoms with van der Waals surface area (Å²) in [6.45, 7) is 3.24. The van der Waals surface area contributed by atoms with Crippen molar-refractivity contribution in [3.63, 3.8) is 0 Å². The number of benzene rings is 3. The molecule has 0 spiro atoms. The number of phenols is 1. The molecule has 2 aliphatic rings. The van der Waals surface area contributed by atoms with Gasteiger partial charge in [-0.2, -0.15) is 4.20 Å². The molecule has 0 fully saturated rings. The minimum Gasteiger partial charge on any atom is -0.508 e. The van der Waals surface area contributed by atoms with Crippen LogP contribution in [0.5, 0.6) is 5.75 Å². The molecule has 0 saturated carbocycles. The third kappa shape index (κ3) is 12.8. The van der Waals surface area contributed by atoms with Gasteiger partial charge in [-0.3, -0.25) is 18.9 Å². The first-order valence-electron chi connectivity index (χ1n) is 18.2. The van der Waals surface area contributed by atoms with Gasteiger partial charge < -0.3 is 39.3 Å². The Kier molecular flexibility index (Phi) is 16.6. The summed E-state index contributed by atoms with van der Waals surface area (Å²) in [5.41, 5.74) is 0.760. The van der Waals surface area contributed by atoms with E-state index in [1.165, 1.54) is 48.5 Å². The van der Waals surface area contributed by atoms with E-state index in [1.807, 2.05) is 0 Å². The number of phenolic OH excluding ortho intramolecular Hbond substituents is 1. The zero-order valence-corrected chi connectivity index (χ0v) is 31.3. The van der Waals surface area contributed by atoms with Crippen molar-refractivity contribution in [2.24, 2.45) is 0 Å². The summed E-state index contributed by atoms with van der Waals surface area (Å²) in [6, 6.07) is 12.8. The monoisotopic (exact) mass is 770 g/mol. The lowest BCUT2D eigenvalue weighted by atomic mass is 9.87. The molecule has 0 saturated heterocycles. The van der Waals surface area contributed by atoms with Crippen molar-refractivity contribution in [3.8, 4) is 28.2 Å². The van der Waals surface area contributed by atoms with Gasteiger partial charge in [-0.25, -0.2) is 4.79 Å². The number of carboxylic acids is 1. The van der Waals surface area contributed by atoms with E-state index in [0.29, 0.717) is 42.5 Å². The van der Waals surface area contributed by atoms with E-state index in [0.717, 1.165) is 38.5 Å². The van der Waals surface area contributed by atoms with Crippen LogP contribution in [0.1, 0.15) is 79.0 Å². The summed E-state index contributed by atoms with van der Waals surface area (Å²) < 4.78 is 46.6. The number of halogens is 1. The topological polar surface area (TPSA) is 191 Å². The maximum atomic E-state index is 13.5. The van der Waals surface area contributed by atoms with Crippen molar-refractivity contribution in [2.45, 2.75) is 58.3 Å². The number of unbranched alkanes of at least 4 members (excludes halogenated alkanes) is 6. The van der Waals surface area contributed by atoms with Crippen molar-refractivity contribution in [1.82, 2.24) is 10.6 Å². The van der Waals surface area contributed by atoms with Crippen LogP contribution in [0.2, 0.25) is 0 Å². The minimum absolute atomic E-state index is 0.0279. The van der Waals surface area contributed by atoms with Crippen LogP contribution in [-0.4, -0.2) is 80.3 Å². The summed E-state index contributed by atoms with van der Waals surface area (Å²) in [5.74, 6) is -1.76. The first-order valence-corrected chi connectivity index (χ1v) is 19.9. The Morgan fingerprint density at radius 2 is 1.48 bits per heavy atom. The number of fused-ring (bicyclic) bond motifs is 2. The second-order valence-corrected chi connectivity index (χ2v) is 14.5. The number of carbonyl (C=O) groups is 3.